The molecule has 1 heterocycles. The van der Waals surface area contributed by atoms with Crippen LogP contribution in [0.3, 0.4) is 0 Å². The van der Waals surface area contributed by atoms with Gasteiger partial charge in [0.25, 0.3) is 0 Å². The van der Waals surface area contributed by atoms with Crippen molar-refractivity contribution in [2.75, 3.05) is 6.54 Å². The maximum atomic E-state index is 3.90. The molecule has 0 spiro atoms. The lowest BCUT2D eigenvalue weighted by Crippen LogP contribution is -2.15. The number of allylic oxidation sites excluding steroid dienone is 7. The zero-order valence-electron chi connectivity index (χ0n) is 12.2. The summed E-state index contributed by atoms with van der Waals surface area (Å²) in [4.78, 5) is 0. The van der Waals surface area contributed by atoms with Crippen LogP contribution in [0.2, 0.25) is 0 Å². The first-order valence-electron chi connectivity index (χ1n) is 6.93. The fraction of sp³-hybridized carbons (Fsp3) is 0.158. The Morgan fingerprint density at radius 3 is 2.90 bits per heavy atom. The molecule has 1 aliphatic rings. The van der Waals surface area contributed by atoms with Gasteiger partial charge in [-0.3, -0.25) is 0 Å². The second-order valence-electron chi connectivity index (χ2n) is 4.82. The number of nitrogens with one attached hydrogen (secondary N) is 1. The molecule has 2 rings (SSSR count). The maximum Gasteiger partial charge on any atom is 0.0419 e. The first-order chi connectivity index (χ1) is 9.74. The average molecular weight is 263 g/mol. The van der Waals surface area contributed by atoms with Gasteiger partial charge in [-0.25, -0.2) is 0 Å². The van der Waals surface area contributed by atoms with E-state index in [1.54, 1.807) is 0 Å². The molecular weight excluding hydrogens is 242 g/mol. The summed E-state index contributed by atoms with van der Waals surface area (Å²) in [7, 11) is 0. The third-order valence-corrected chi connectivity index (χ3v) is 3.28. The molecule has 102 valence electrons. The summed E-state index contributed by atoms with van der Waals surface area (Å²) in [6, 6.07) is 8.55. The van der Waals surface area contributed by atoms with Crippen molar-refractivity contribution in [2.24, 2.45) is 0 Å². The highest BCUT2D eigenvalue weighted by Gasteiger charge is 2.06. The lowest BCUT2D eigenvalue weighted by molar-refractivity contribution is 0.981. The van der Waals surface area contributed by atoms with Gasteiger partial charge in [-0.05, 0) is 42.7 Å². The van der Waals surface area contributed by atoms with Crippen molar-refractivity contribution >= 4 is 11.3 Å². The van der Waals surface area contributed by atoms with E-state index in [1.807, 2.05) is 25.2 Å². The molecule has 0 bridgehead atoms. The summed E-state index contributed by atoms with van der Waals surface area (Å²) in [6.45, 7) is 8.94. The Hall–Kier alpha value is -2.28. The van der Waals surface area contributed by atoms with Crippen molar-refractivity contribution in [1.29, 1.82) is 0 Å². The van der Waals surface area contributed by atoms with E-state index in [9.17, 15) is 0 Å². The monoisotopic (exact) mass is 263 g/mol. The number of dihydropyridines is 1. The molecule has 0 unspecified atom stereocenters. The topological polar surface area (TPSA) is 12.0 Å². The van der Waals surface area contributed by atoms with E-state index in [2.05, 4.69) is 61.3 Å². The zero-order valence-corrected chi connectivity index (χ0v) is 12.2. The van der Waals surface area contributed by atoms with E-state index in [1.165, 1.54) is 22.4 Å². The summed E-state index contributed by atoms with van der Waals surface area (Å²) in [5.74, 6) is 0. The van der Waals surface area contributed by atoms with Gasteiger partial charge in [0.1, 0.15) is 0 Å². The minimum absolute atomic E-state index is 0.893. The van der Waals surface area contributed by atoms with Crippen LogP contribution in [-0.2, 0) is 0 Å². The minimum atomic E-state index is 0.893. The van der Waals surface area contributed by atoms with Crippen LogP contribution < -0.4 is 5.32 Å². The number of hydrogen-bond donors (Lipinski definition) is 1. The standard InChI is InChI=1S/C19H21N/c1-4-6-8-16(5-2)17-9-7-10-18(14-17)19-13-15(3)11-12-20-19/h4-11,13-14,20H,2,12H2,1,3H3/b6-4-,16-8+. The molecule has 1 N–H and O–H groups in total. The van der Waals surface area contributed by atoms with Crippen molar-refractivity contribution in [3.63, 3.8) is 0 Å². The highest BCUT2D eigenvalue weighted by molar-refractivity contribution is 5.78. The number of hydrogen-bond acceptors (Lipinski definition) is 1. The fourth-order valence-corrected chi connectivity index (χ4v) is 2.19. The van der Waals surface area contributed by atoms with Crippen molar-refractivity contribution in [2.45, 2.75) is 13.8 Å². The van der Waals surface area contributed by atoms with Crippen molar-refractivity contribution < 1.29 is 0 Å². The third-order valence-electron chi connectivity index (χ3n) is 3.28. The molecule has 0 amide bonds. The Morgan fingerprint density at radius 1 is 1.35 bits per heavy atom. The highest BCUT2D eigenvalue weighted by Crippen LogP contribution is 2.22. The van der Waals surface area contributed by atoms with E-state index in [0.29, 0.717) is 0 Å². The maximum absolute atomic E-state index is 3.90. The summed E-state index contributed by atoms with van der Waals surface area (Å²) in [6.07, 6.45) is 12.4. The van der Waals surface area contributed by atoms with Gasteiger partial charge in [-0.2, -0.15) is 0 Å². The average Bonchev–Trinajstić information content (AvgIpc) is 2.48. The van der Waals surface area contributed by atoms with Gasteiger partial charge >= 0.3 is 0 Å². The molecule has 0 saturated carbocycles. The van der Waals surface area contributed by atoms with Gasteiger partial charge in [0.15, 0.2) is 0 Å². The van der Waals surface area contributed by atoms with Crippen LogP contribution in [0.1, 0.15) is 25.0 Å². The van der Waals surface area contributed by atoms with Crippen LogP contribution in [0.4, 0.5) is 0 Å². The fourth-order valence-electron chi connectivity index (χ4n) is 2.19. The summed E-state index contributed by atoms with van der Waals surface area (Å²) in [5.41, 5.74) is 6.01. The van der Waals surface area contributed by atoms with Gasteiger partial charge in [0, 0.05) is 12.2 Å². The van der Waals surface area contributed by atoms with Gasteiger partial charge in [0.2, 0.25) is 0 Å². The zero-order chi connectivity index (χ0) is 14.4. The lowest BCUT2D eigenvalue weighted by atomic mass is 9.99. The van der Waals surface area contributed by atoms with Crippen LogP contribution >= 0.6 is 0 Å². The molecule has 0 aromatic heterocycles. The van der Waals surface area contributed by atoms with Gasteiger partial charge in [-0.1, -0.05) is 60.7 Å². The minimum Gasteiger partial charge on any atom is -0.381 e. The van der Waals surface area contributed by atoms with E-state index in [4.69, 9.17) is 0 Å². The molecule has 0 radical (unpaired) electrons. The van der Waals surface area contributed by atoms with Crippen LogP contribution in [0.5, 0.6) is 0 Å². The predicted octanol–water partition coefficient (Wildman–Crippen LogP) is 4.72. The highest BCUT2D eigenvalue weighted by atomic mass is 14.9. The van der Waals surface area contributed by atoms with Crippen molar-refractivity contribution in [3.8, 4) is 0 Å². The van der Waals surface area contributed by atoms with E-state index in [-0.39, 0.29) is 0 Å². The number of rotatable bonds is 4. The molecule has 1 nitrogen and oxygen atoms in total. The van der Waals surface area contributed by atoms with E-state index in [0.717, 1.165) is 12.1 Å². The normalized spacial score (nSPS) is 15.6. The van der Waals surface area contributed by atoms with Gasteiger partial charge < -0.3 is 5.32 Å². The SMILES string of the molecule is C=C/C(=C\C=C/C)c1cccc(C2=CC(C)=CCN2)c1. The summed E-state index contributed by atoms with van der Waals surface area (Å²) < 4.78 is 0. The predicted molar refractivity (Wildman–Crippen MR) is 89.2 cm³/mol. The Labute approximate surface area is 121 Å². The largest absolute Gasteiger partial charge is 0.381 e. The summed E-state index contributed by atoms with van der Waals surface area (Å²) >= 11 is 0. The second-order valence-corrected chi connectivity index (χ2v) is 4.82. The van der Waals surface area contributed by atoms with E-state index >= 15 is 0 Å². The first kappa shape index (κ1) is 14.1. The molecule has 1 heteroatoms. The Balaban J connectivity index is 2.37. The first-order valence-corrected chi connectivity index (χ1v) is 6.93. The quantitative estimate of drug-likeness (QED) is 0.775. The lowest BCUT2D eigenvalue weighted by Gasteiger charge is -2.15. The molecule has 0 atom stereocenters. The Morgan fingerprint density at radius 2 is 2.20 bits per heavy atom. The van der Waals surface area contributed by atoms with Crippen LogP contribution in [-0.4, -0.2) is 6.54 Å². The Kier molecular flexibility index (Phi) is 4.78. The molecular formula is C19H21N. The second kappa shape index (κ2) is 6.76. The van der Waals surface area contributed by atoms with Crippen LogP contribution in [0.25, 0.3) is 11.3 Å². The van der Waals surface area contributed by atoms with Gasteiger partial charge in [-0.15, -0.1) is 0 Å². The molecule has 0 saturated heterocycles. The molecule has 0 fully saturated rings. The van der Waals surface area contributed by atoms with Gasteiger partial charge in [0.05, 0.1) is 0 Å². The number of benzene rings is 1. The molecule has 1 aromatic rings. The summed E-state index contributed by atoms with van der Waals surface area (Å²) in [5, 5.41) is 3.42. The Bertz CT molecular complexity index is 612. The van der Waals surface area contributed by atoms with Crippen LogP contribution in [0.15, 0.2) is 72.9 Å². The third kappa shape index (κ3) is 3.39. The molecule has 1 aromatic carbocycles. The van der Waals surface area contributed by atoms with Crippen molar-refractivity contribution in [3.05, 3.63) is 84.0 Å². The van der Waals surface area contributed by atoms with Crippen LogP contribution in [0, 0.1) is 0 Å². The van der Waals surface area contributed by atoms with Crippen molar-refractivity contribution in [1.82, 2.24) is 5.32 Å². The molecule has 20 heavy (non-hydrogen) atoms. The smallest absolute Gasteiger partial charge is 0.0419 e. The molecule has 0 aliphatic carbocycles. The van der Waals surface area contributed by atoms with E-state index < -0.39 is 0 Å². The molecule has 1 aliphatic heterocycles.